The Morgan fingerprint density at radius 1 is 1.38 bits per heavy atom. The lowest BCUT2D eigenvalue weighted by atomic mass is 9.83. The highest BCUT2D eigenvalue weighted by atomic mass is 32.1. The molecule has 1 fully saturated rings. The van der Waals surface area contributed by atoms with Crippen LogP contribution in [0.25, 0.3) is 0 Å². The SMILES string of the molecule is COc1ncc(NC(=O)C(=O)N2C[C@@H](C)CC[C@@]2(C)c2cncs2)cc1C(N)=O. The number of amides is 3. The van der Waals surface area contributed by atoms with E-state index in [2.05, 4.69) is 22.2 Å². The van der Waals surface area contributed by atoms with Crippen LogP contribution in [0.4, 0.5) is 5.69 Å². The van der Waals surface area contributed by atoms with Gasteiger partial charge >= 0.3 is 11.8 Å². The third kappa shape index (κ3) is 4.07. The molecule has 2 aromatic rings. The highest BCUT2D eigenvalue weighted by Crippen LogP contribution is 2.40. The first kappa shape index (κ1) is 20.7. The van der Waals surface area contributed by atoms with E-state index >= 15 is 0 Å². The zero-order chi connectivity index (χ0) is 21.2. The molecular weight excluding hydrogens is 394 g/mol. The van der Waals surface area contributed by atoms with Crippen molar-refractivity contribution in [2.24, 2.45) is 11.7 Å². The maximum Gasteiger partial charge on any atom is 0.313 e. The van der Waals surface area contributed by atoms with Gasteiger partial charge in [-0.05, 0) is 31.7 Å². The molecule has 3 N–H and O–H groups in total. The third-order valence-corrected chi connectivity index (χ3v) is 6.21. The Balaban J connectivity index is 1.84. The molecule has 3 amide bonds. The standard InChI is InChI=1S/C19H23N5O4S/c1-11-4-5-19(2,14-8-21-10-29-14)24(9-11)18(27)16(26)23-12-6-13(15(20)25)17(28-3)22-7-12/h6-8,10-11H,4-5,9H2,1-3H3,(H2,20,25)(H,23,26)/t11-,19-/m0/s1. The van der Waals surface area contributed by atoms with Gasteiger partial charge in [-0.3, -0.25) is 19.4 Å². The average Bonchev–Trinajstić information content (AvgIpc) is 3.25. The van der Waals surface area contributed by atoms with Crippen molar-refractivity contribution in [3.05, 3.63) is 34.4 Å². The zero-order valence-electron chi connectivity index (χ0n) is 16.5. The highest BCUT2D eigenvalue weighted by Gasteiger charge is 2.43. The van der Waals surface area contributed by atoms with Crippen molar-refractivity contribution >= 4 is 34.7 Å². The van der Waals surface area contributed by atoms with E-state index in [0.717, 1.165) is 17.7 Å². The van der Waals surface area contributed by atoms with Gasteiger partial charge in [0.15, 0.2) is 0 Å². The maximum absolute atomic E-state index is 13.1. The Morgan fingerprint density at radius 3 is 2.76 bits per heavy atom. The largest absolute Gasteiger partial charge is 0.480 e. The second-order valence-corrected chi connectivity index (χ2v) is 8.18. The molecular formula is C19H23N5O4S. The molecule has 29 heavy (non-hydrogen) atoms. The number of carbonyl (C=O) groups excluding carboxylic acids is 3. The van der Waals surface area contributed by atoms with E-state index in [4.69, 9.17) is 10.5 Å². The van der Waals surface area contributed by atoms with Gasteiger partial charge in [0.25, 0.3) is 5.91 Å². The van der Waals surface area contributed by atoms with Gasteiger partial charge in [-0.15, -0.1) is 11.3 Å². The molecule has 2 aromatic heterocycles. The summed E-state index contributed by atoms with van der Waals surface area (Å²) in [6.07, 6.45) is 4.73. The number of thiazole rings is 1. The number of rotatable bonds is 4. The van der Waals surface area contributed by atoms with Gasteiger partial charge in [0.2, 0.25) is 5.88 Å². The number of aromatic nitrogens is 2. The Labute approximate surface area is 172 Å². The van der Waals surface area contributed by atoms with Gasteiger partial charge < -0.3 is 20.7 Å². The molecule has 3 rings (SSSR count). The van der Waals surface area contributed by atoms with Crippen molar-refractivity contribution in [2.45, 2.75) is 32.2 Å². The number of nitrogens with two attached hydrogens (primary N) is 1. The van der Waals surface area contributed by atoms with Gasteiger partial charge in [-0.1, -0.05) is 6.92 Å². The van der Waals surface area contributed by atoms with Crippen molar-refractivity contribution in [3.8, 4) is 5.88 Å². The topological polar surface area (TPSA) is 128 Å². The second-order valence-electron chi connectivity index (χ2n) is 7.30. The first-order valence-electron chi connectivity index (χ1n) is 9.12. The molecule has 2 atom stereocenters. The normalized spacial score (nSPS) is 21.5. The number of pyridine rings is 1. The summed E-state index contributed by atoms with van der Waals surface area (Å²) in [5.41, 5.74) is 6.64. The number of nitrogens with one attached hydrogen (secondary N) is 1. The molecule has 0 unspecified atom stereocenters. The smallest absolute Gasteiger partial charge is 0.313 e. The van der Waals surface area contributed by atoms with Crippen LogP contribution in [0, 0.1) is 5.92 Å². The number of anilines is 1. The predicted molar refractivity (Wildman–Crippen MR) is 108 cm³/mol. The van der Waals surface area contributed by atoms with Crippen molar-refractivity contribution in [1.29, 1.82) is 0 Å². The van der Waals surface area contributed by atoms with E-state index in [9.17, 15) is 14.4 Å². The fourth-order valence-corrected chi connectivity index (χ4v) is 4.30. The zero-order valence-corrected chi connectivity index (χ0v) is 17.3. The van der Waals surface area contributed by atoms with Crippen LogP contribution in [0.15, 0.2) is 24.0 Å². The molecule has 0 spiro atoms. The summed E-state index contributed by atoms with van der Waals surface area (Å²) in [6.45, 7) is 4.47. The molecule has 1 saturated heterocycles. The maximum atomic E-state index is 13.1. The summed E-state index contributed by atoms with van der Waals surface area (Å²) in [6, 6.07) is 1.33. The lowest BCUT2D eigenvalue weighted by Crippen LogP contribution is -2.55. The molecule has 9 nitrogen and oxygen atoms in total. The number of nitrogens with zero attached hydrogens (tertiary/aromatic N) is 3. The lowest BCUT2D eigenvalue weighted by Gasteiger charge is -2.46. The van der Waals surface area contributed by atoms with Crippen LogP contribution in [0.2, 0.25) is 0 Å². The Morgan fingerprint density at radius 2 is 2.14 bits per heavy atom. The summed E-state index contributed by atoms with van der Waals surface area (Å²) in [5.74, 6) is -1.89. The fraction of sp³-hybridized carbons (Fsp3) is 0.421. The van der Waals surface area contributed by atoms with Crippen molar-refractivity contribution in [2.75, 3.05) is 19.0 Å². The van der Waals surface area contributed by atoms with Crippen LogP contribution < -0.4 is 15.8 Å². The number of hydrogen-bond acceptors (Lipinski definition) is 7. The number of methoxy groups -OCH3 is 1. The summed E-state index contributed by atoms with van der Waals surface area (Å²) >= 11 is 1.46. The van der Waals surface area contributed by atoms with Gasteiger partial charge in [-0.2, -0.15) is 0 Å². The molecule has 3 heterocycles. The van der Waals surface area contributed by atoms with E-state index in [1.54, 1.807) is 16.6 Å². The van der Waals surface area contributed by atoms with Crippen LogP contribution in [0.3, 0.4) is 0 Å². The molecule has 0 aliphatic carbocycles. The quantitative estimate of drug-likeness (QED) is 0.730. The van der Waals surface area contributed by atoms with Gasteiger partial charge in [-0.25, -0.2) is 4.98 Å². The van der Waals surface area contributed by atoms with Crippen LogP contribution >= 0.6 is 11.3 Å². The van der Waals surface area contributed by atoms with E-state index in [0.29, 0.717) is 6.54 Å². The molecule has 1 aliphatic heterocycles. The molecule has 0 aromatic carbocycles. The number of piperidine rings is 1. The van der Waals surface area contributed by atoms with E-state index in [1.165, 1.54) is 30.7 Å². The first-order chi connectivity index (χ1) is 13.8. The monoisotopic (exact) mass is 417 g/mol. The minimum atomic E-state index is -0.808. The van der Waals surface area contributed by atoms with E-state index < -0.39 is 23.3 Å². The summed E-state index contributed by atoms with van der Waals surface area (Å²) in [5, 5.41) is 2.52. The lowest BCUT2D eigenvalue weighted by molar-refractivity contribution is -0.150. The molecule has 0 radical (unpaired) electrons. The number of hydrogen-bond donors (Lipinski definition) is 2. The van der Waals surface area contributed by atoms with Gasteiger partial charge in [0.05, 0.1) is 30.0 Å². The first-order valence-corrected chi connectivity index (χ1v) is 10.00. The highest BCUT2D eigenvalue weighted by molar-refractivity contribution is 7.09. The van der Waals surface area contributed by atoms with Crippen molar-refractivity contribution < 1.29 is 19.1 Å². The van der Waals surface area contributed by atoms with E-state index in [-0.39, 0.29) is 23.0 Å². The number of primary amides is 1. The summed E-state index contributed by atoms with van der Waals surface area (Å²) in [7, 11) is 1.36. The Bertz CT molecular complexity index is 933. The number of carbonyl (C=O) groups is 3. The van der Waals surface area contributed by atoms with Crippen LogP contribution in [0.5, 0.6) is 5.88 Å². The fourth-order valence-electron chi connectivity index (χ4n) is 3.48. The molecule has 0 bridgehead atoms. The average molecular weight is 417 g/mol. The third-order valence-electron chi connectivity index (χ3n) is 5.18. The van der Waals surface area contributed by atoms with Gasteiger partial charge in [0.1, 0.15) is 5.56 Å². The minimum absolute atomic E-state index is 0.0128. The Kier molecular flexibility index (Phi) is 5.83. The molecule has 10 heteroatoms. The Hall–Kier alpha value is -3.01. The number of likely N-dealkylation sites (tertiary alicyclic amines) is 1. The summed E-state index contributed by atoms with van der Waals surface area (Å²) < 4.78 is 4.99. The number of ether oxygens (including phenoxy) is 1. The van der Waals surface area contributed by atoms with Crippen molar-refractivity contribution in [3.63, 3.8) is 0 Å². The minimum Gasteiger partial charge on any atom is -0.480 e. The second kappa shape index (κ2) is 8.16. The summed E-state index contributed by atoms with van der Waals surface area (Å²) in [4.78, 5) is 48.0. The molecule has 0 saturated carbocycles. The van der Waals surface area contributed by atoms with Crippen LogP contribution in [0.1, 0.15) is 41.9 Å². The molecule has 1 aliphatic rings. The predicted octanol–water partition coefficient (Wildman–Crippen LogP) is 1.76. The van der Waals surface area contributed by atoms with Crippen LogP contribution in [-0.4, -0.2) is 46.2 Å². The van der Waals surface area contributed by atoms with Gasteiger partial charge in [0, 0.05) is 17.6 Å². The van der Waals surface area contributed by atoms with Crippen molar-refractivity contribution in [1.82, 2.24) is 14.9 Å². The van der Waals surface area contributed by atoms with E-state index in [1.807, 2.05) is 6.92 Å². The molecule has 154 valence electrons. The van der Waals surface area contributed by atoms with Crippen LogP contribution in [-0.2, 0) is 15.1 Å².